The number of hydrogen-bond donors (Lipinski definition) is 1. The van der Waals surface area contributed by atoms with E-state index in [9.17, 15) is 14.9 Å². The van der Waals surface area contributed by atoms with Crippen LogP contribution in [0.2, 0.25) is 0 Å². The number of non-ortho nitro benzene ring substituents is 1. The Morgan fingerprint density at radius 2 is 2.16 bits per heavy atom. The molecular weight excluding hydrogens is 246 g/mol. The van der Waals surface area contributed by atoms with Gasteiger partial charge in [0.1, 0.15) is 0 Å². The van der Waals surface area contributed by atoms with E-state index in [-0.39, 0.29) is 24.2 Å². The van der Waals surface area contributed by atoms with E-state index in [0.717, 1.165) is 5.56 Å². The number of rotatable bonds is 6. The van der Waals surface area contributed by atoms with Crippen molar-refractivity contribution in [3.63, 3.8) is 0 Å². The van der Waals surface area contributed by atoms with Gasteiger partial charge in [-0.2, -0.15) is 0 Å². The number of amides is 1. The molecule has 1 rings (SSSR count). The van der Waals surface area contributed by atoms with Gasteiger partial charge in [-0.3, -0.25) is 14.9 Å². The lowest BCUT2D eigenvalue weighted by molar-refractivity contribution is -0.384. The van der Waals surface area contributed by atoms with Crippen molar-refractivity contribution in [2.75, 3.05) is 13.6 Å². The third-order valence-corrected chi connectivity index (χ3v) is 2.63. The van der Waals surface area contributed by atoms with Gasteiger partial charge in [0, 0.05) is 31.8 Å². The van der Waals surface area contributed by atoms with Gasteiger partial charge in [0.05, 0.1) is 11.5 Å². The zero-order valence-corrected chi connectivity index (χ0v) is 11.4. The number of benzene rings is 1. The first-order valence-corrected chi connectivity index (χ1v) is 6.11. The Labute approximate surface area is 112 Å². The Balaban J connectivity index is 2.61. The van der Waals surface area contributed by atoms with Crippen LogP contribution in [0.4, 0.5) is 5.69 Å². The molecule has 0 radical (unpaired) electrons. The molecule has 0 atom stereocenters. The topological polar surface area (TPSA) is 75.5 Å². The second-order valence-corrected chi connectivity index (χ2v) is 4.71. The summed E-state index contributed by atoms with van der Waals surface area (Å²) in [6, 6.07) is 6.56. The molecule has 104 valence electrons. The summed E-state index contributed by atoms with van der Waals surface area (Å²) in [6.07, 6.45) is 0. The van der Waals surface area contributed by atoms with E-state index in [0.29, 0.717) is 6.54 Å². The molecule has 1 amide bonds. The van der Waals surface area contributed by atoms with Gasteiger partial charge in [-0.05, 0) is 5.56 Å². The van der Waals surface area contributed by atoms with Crippen molar-refractivity contribution in [1.29, 1.82) is 0 Å². The number of nitro benzene ring substituents is 1. The molecule has 0 aliphatic rings. The first kappa shape index (κ1) is 15.1. The summed E-state index contributed by atoms with van der Waals surface area (Å²) in [5.41, 5.74) is 0.785. The third kappa shape index (κ3) is 5.05. The van der Waals surface area contributed by atoms with Gasteiger partial charge in [-0.25, -0.2) is 0 Å². The van der Waals surface area contributed by atoms with E-state index < -0.39 is 4.92 Å². The summed E-state index contributed by atoms with van der Waals surface area (Å²) < 4.78 is 0. The second kappa shape index (κ2) is 6.84. The fourth-order valence-corrected chi connectivity index (χ4v) is 1.56. The summed E-state index contributed by atoms with van der Waals surface area (Å²) in [7, 11) is 1.68. The lowest BCUT2D eigenvalue weighted by atomic mass is 10.2. The molecule has 0 aliphatic heterocycles. The molecule has 19 heavy (non-hydrogen) atoms. The van der Waals surface area contributed by atoms with Gasteiger partial charge in [0.15, 0.2) is 0 Å². The number of carbonyl (C=O) groups is 1. The van der Waals surface area contributed by atoms with E-state index in [4.69, 9.17) is 0 Å². The quantitative estimate of drug-likeness (QED) is 0.625. The molecule has 0 saturated heterocycles. The van der Waals surface area contributed by atoms with Crippen molar-refractivity contribution >= 4 is 11.6 Å². The molecule has 6 heteroatoms. The summed E-state index contributed by atoms with van der Waals surface area (Å²) in [4.78, 5) is 23.6. The number of nitro groups is 1. The van der Waals surface area contributed by atoms with Gasteiger partial charge < -0.3 is 10.2 Å². The summed E-state index contributed by atoms with van der Waals surface area (Å²) >= 11 is 0. The van der Waals surface area contributed by atoms with Crippen LogP contribution in [0.25, 0.3) is 0 Å². The Bertz CT molecular complexity index is 460. The van der Waals surface area contributed by atoms with Crippen molar-refractivity contribution in [3.8, 4) is 0 Å². The smallest absolute Gasteiger partial charge is 0.269 e. The zero-order valence-electron chi connectivity index (χ0n) is 11.4. The summed E-state index contributed by atoms with van der Waals surface area (Å²) in [5, 5.41) is 13.7. The van der Waals surface area contributed by atoms with Crippen molar-refractivity contribution < 1.29 is 9.72 Å². The van der Waals surface area contributed by atoms with E-state index in [1.54, 1.807) is 24.1 Å². The number of likely N-dealkylation sites (N-methyl/N-ethyl adjacent to an activating group) is 1. The fraction of sp³-hybridized carbons (Fsp3) is 0.462. The SMILES string of the molecule is CC(C)NCC(=O)N(C)Cc1cccc([N+](=O)[O-])c1. The van der Waals surface area contributed by atoms with Crippen LogP contribution in [-0.2, 0) is 11.3 Å². The molecule has 6 nitrogen and oxygen atoms in total. The van der Waals surface area contributed by atoms with E-state index in [1.807, 2.05) is 13.8 Å². The number of nitrogens with one attached hydrogen (secondary N) is 1. The monoisotopic (exact) mass is 265 g/mol. The predicted octanol–water partition coefficient (Wildman–Crippen LogP) is 1.55. The zero-order chi connectivity index (χ0) is 14.4. The standard InChI is InChI=1S/C13H19N3O3/c1-10(2)14-8-13(17)15(3)9-11-5-4-6-12(7-11)16(18)19/h4-7,10,14H,8-9H2,1-3H3. The van der Waals surface area contributed by atoms with Gasteiger partial charge in [-0.15, -0.1) is 0 Å². The lowest BCUT2D eigenvalue weighted by Crippen LogP contribution is -2.37. The molecule has 0 aliphatic carbocycles. The summed E-state index contributed by atoms with van der Waals surface area (Å²) in [5.74, 6) is -0.0415. The van der Waals surface area contributed by atoms with Crippen LogP contribution in [0.3, 0.4) is 0 Å². The van der Waals surface area contributed by atoms with Crippen molar-refractivity contribution in [3.05, 3.63) is 39.9 Å². The minimum absolute atomic E-state index is 0.0404. The fourth-order valence-electron chi connectivity index (χ4n) is 1.56. The average molecular weight is 265 g/mol. The molecule has 0 unspecified atom stereocenters. The maximum Gasteiger partial charge on any atom is 0.269 e. The van der Waals surface area contributed by atoms with Crippen LogP contribution in [0.1, 0.15) is 19.4 Å². The first-order chi connectivity index (χ1) is 8.90. The van der Waals surface area contributed by atoms with E-state index in [2.05, 4.69) is 5.32 Å². The van der Waals surface area contributed by atoms with Crippen molar-refractivity contribution in [2.24, 2.45) is 0 Å². The predicted molar refractivity (Wildman–Crippen MR) is 72.7 cm³/mol. The Kier molecular flexibility index (Phi) is 5.44. The summed E-state index contributed by atoms with van der Waals surface area (Å²) in [6.45, 7) is 4.56. The number of carbonyl (C=O) groups excluding carboxylic acids is 1. The lowest BCUT2D eigenvalue weighted by Gasteiger charge is -2.18. The molecule has 0 aromatic heterocycles. The Hall–Kier alpha value is -1.95. The highest BCUT2D eigenvalue weighted by molar-refractivity contribution is 5.78. The van der Waals surface area contributed by atoms with Crippen LogP contribution in [0.5, 0.6) is 0 Å². The highest BCUT2D eigenvalue weighted by atomic mass is 16.6. The van der Waals surface area contributed by atoms with Gasteiger partial charge in [-0.1, -0.05) is 26.0 Å². The second-order valence-electron chi connectivity index (χ2n) is 4.71. The van der Waals surface area contributed by atoms with Crippen LogP contribution < -0.4 is 5.32 Å². The van der Waals surface area contributed by atoms with Crippen LogP contribution in [0.15, 0.2) is 24.3 Å². The molecule has 0 fully saturated rings. The molecule has 0 spiro atoms. The molecule has 1 aromatic carbocycles. The number of nitrogens with zero attached hydrogens (tertiary/aromatic N) is 2. The molecule has 0 saturated carbocycles. The van der Waals surface area contributed by atoms with E-state index in [1.165, 1.54) is 12.1 Å². The third-order valence-electron chi connectivity index (χ3n) is 2.63. The maximum absolute atomic E-state index is 11.8. The minimum Gasteiger partial charge on any atom is -0.340 e. The normalized spacial score (nSPS) is 10.5. The van der Waals surface area contributed by atoms with Crippen molar-refractivity contribution in [1.82, 2.24) is 10.2 Å². The van der Waals surface area contributed by atoms with Gasteiger partial charge in [0.2, 0.25) is 5.91 Å². The highest BCUT2D eigenvalue weighted by Crippen LogP contribution is 2.14. The van der Waals surface area contributed by atoms with Crippen LogP contribution in [-0.4, -0.2) is 35.4 Å². The minimum atomic E-state index is -0.439. The van der Waals surface area contributed by atoms with Crippen molar-refractivity contribution in [2.45, 2.75) is 26.4 Å². The van der Waals surface area contributed by atoms with Crippen LogP contribution in [0, 0.1) is 10.1 Å². The molecule has 1 N–H and O–H groups in total. The number of hydrogen-bond acceptors (Lipinski definition) is 4. The molecule has 0 heterocycles. The van der Waals surface area contributed by atoms with Crippen LogP contribution >= 0.6 is 0 Å². The van der Waals surface area contributed by atoms with Gasteiger partial charge in [0.25, 0.3) is 5.69 Å². The largest absolute Gasteiger partial charge is 0.340 e. The Morgan fingerprint density at radius 3 is 2.74 bits per heavy atom. The van der Waals surface area contributed by atoms with Gasteiger partial charge >= 0.3 is 0 Å². The molecule has 1 aromatic rings. The maximum atomic E-state index is 11.8. The molecular formula is C13H19N3O3. The molecule has 0 bridgehead atoms. The average Bonchev–Trinajstić information content (AvgIpc) is 2.36. The van der Waals surface area contributed by atoms with E-state index >= 15 is 0 Å². The first-order valence-electron chi connectivity index (χ1n) is 6.11. The highest BCUT2D eigenvalue weighted by Gasteiger charge is 2.11. The Morgan fingerprint density at radius 1 is 1.47 bits per heavy atom.